The van der Waals surface area contributed by atoms with Crippen molar-refractivity contribution in [3.63, 3.8) is 0 Å². The van der Waals surface area contributed by atoms with E-state index < -0.39 is 20.8 Å². The third-order valence-corrected chi connectivity index (χ3v) is 6.33. The number of nitrogens with one attached hydrogen (secondary N) is 2. The van der Waals surface area contributed by atoms with Gasteiger partial charge in [0.2, 0.25) is 10.0 Å². The van der Waals surface area contributed by atoms with Gasteiger partial charge in [0.1, 0.15) is 5.84 Å². The van der Waals surface area contributed by atoms with Crippen LogP contribution in [0.15, 0.2) is 0 Å². The summed E-state index contributed by atoms with van der Waals surface area (Å²) in [5.74, 6) is -0.0822. The molecular formula is C12H24N4O3S. The number of likely N-dealkylation sites (tertiary alicyclic amines) is 1. The second-order valence-corrected chi connectivity index (χ2v) is 7.72. The Hall–Kier alpha value is -0.700. The van der Waals surface area contributed by atoms with Gasteiger partial charge in [0.25, 0.3) is 0 Å². The fourth-order valence-corrected chi connectivity index (χ4v) is 4.61. The maximum atomic E-state index is 12.5. The molecule has 4 N–H and O–H groups in total. The van der Waals surface area contributed by atoms with Gasteiger partial charge in [0.05, 0.1) is 10.8 Å². The molecule has 2 heterocycles. The Morgan fingerprint density at radius 1 is 1.35 bits per heavy atom. The van der Waals surface area contributed by atoms with E-state index in [9.17, 15) is 8.42 Å². The molecular weight excluding hydrogens is 280 g/mol. The summed E-state index contributed by atoms with van der Waals surface area (Å²) in [4.78, 5) is 2.12. The molecule has 7 nitrogen and oxygen atoms in total. The van der Waals surface area contributed by atoms with Crippen molar-refractivity contribution in [2.45, 2.75) is 36.5 Å². The van der Waals surface area contributed by atoms with Gasteiger partial charge in [0.15, 0.2) is 0 Å². The van der Waals surface area contributed by atoms with E-state index in [1.165, 1.54) is 0 Å². The number of amidine groups is 1. The monoisotopic (exact) mass is 304 g/mol. The topological polar surface area (TPSA) is 109 Å². The molecule has 0 saturated carbocycles. The molecule has 0 aromatic carbocycles. The standard InChI is InChI=1S/C12H24N4O3S/c1-16-6-4-12(5-7-16,11(13)14)15-20(17,18)10-2-8-19-9-3-10/h10,15H,2-9H2,1H3,(H3,13,14). The van der Waals surface area contributed by atoms with Crippen molar-refractivity contribution in [2.24, 2.45) is 5.73 Å². The Balaban J connectivity index is 2.13. The van der Waals surface area contributed by atoms with Crippen LogP contribution in [0.2, 0.25) is 0 Å². The highest BCUT2D eigenvalue weighted by atomic mass is 32.2. The Labute approximate surface area is 120 Å². The maximum absolute atomic E-state index is 12.5. The van der Waals surface area contributed by atoms with Crippen LogP contribution in [0.5, 0.6) is 0 Å². The largest absolute Gasteiger partial charge is 0.386 e. The number of sulfonamides is 1. The molecule has 2 fully saturated rings. The van der Waals surface area contributed by atoms with E-state index in [1.54, 1.807) is 0 Å². The van der Waals surface area contributed by atoms with Crippen LogP contribution in [0.1, 0.15) is 25.7 Å². The average molecular weight is 304 g/mol. The number of hydrogen-bond acceptors (Lipinski definition) is 5. The van der Waals surface area contributed by atoms with Crippen LogP contribution in [0.3, 0.4) is 0 Å². The first-order valence-electron chi connectivity index (χ1n) is 6.99. The lowest BCUT2D eigenvalue weighted by Gasteiger charge is -2.41. The zero-order valence-corrected chi connectivity index (χ0v) is 12.7. The van der Waals surface area contributed by atoms with Crippen LogP contribution in [-0.4, -0.2) is 63.3 Å². The minimum Gasteiger partial charge on any atom is -0.386 e. The minimum atomic E-state index is -3.47. The van der Waals surface area contributed by atoms with E-state index in [0.717, 1.165) is 13.1 Å². The summed E-state index contributed by atoms with van der Waals surface area (Å²) >= 11 is 0. The predicted octanol–water partition coefficient (Wildman–Crippen LogP) is -0.515. The lowest BCUT2D eigenvalue weighted by atomic mass is 9.88. The van der Waals surface area contributed by atoms with Crippen LogP contribution < -0.4 is 10.5 Å². The normalized spacial score (nSPS) is 25.4. The fraction of sp³-hybridized carbons (Fsp3) is 0.917. The van der Waals surface area contributed by atoms with Crippen molar-refractivity contribution in [3.8, 4) is 0 Å². The lowest BCUT2D eigenvalue weighted by molar-refractivity contribution is 0.0978. The molecule has 0 aromatic heterocycles. The third kappa shape index (κ3) is 3.30. The molecule has 0 bridgehead atoms. The van der Waals surface area contributed by atoms with E-state index in [1.807, 2.05) is 7.05 Å². The van der Waals surface area contributed by atoms with E-state index in [2.05, 4.69) is 9.62 Å². The van der Waals surface area contributed by atoms with Gasteiger partial charge in [-0.3, -0.25) is 5.41 Å². The van der Waals surface area contributed by atoms with Gasteiger partial charge in [0, 0.05) is 26.3 Å². The van der Waals surface area contributed by atoms with Gasteiger partial charge in [-0.05, 0) is 32.7 Å². The first-order valence-corrected chi connectivity index (χ1v) is 8.54. The minimum absolute atomic E-state index is 0.0822. The van der Waals surface area contributed by atoms with Crippen molar-refractivity contribution in [2.75, 3.05) is 33.4 Å². The Morgan fingerprint density at radius 3 is 2.40 bits per heavy atom. The highest BCUT2D eigenvalue weighted by Crippen LogP contribution is 2.25. The van der Waals surface area contributed by atoms with E-state index in [0.29, 0.717) is 38.9 Å². The van der Waals surface area contributed by atoms with Crippen molar-refractivity contribution < 1.29 is 13.2 Å². The number of nitrogens with two attached hydrogens (primary N) is 1. The average Bonchev–Trinajstić information content (AvgIpc) is 2.42. The molecule has 20 heavy (non-hydrogen) atoms. The highest BCUT2D eigenvalue weighted by molar-refractivity contribution is 7.90. The summed E-state index contributed by atoms with van der Waals surface area (Å²) in [5, 5.41) is 7.37. The number of nitrogens with zero attached hydrogens (tertiary/aromatic N) is 1. The summed E-state index contributed by atoms with van der Waals surface area (Å²) in [7, 11) is -1.49. The third-order valence-electron chi connectivity index (χ3n) is 4.30. The predicted molar refractivity (Wildman–Crippen MR) is 77.3 cm³/mol. The van der Waals surface area contributed by atoms with Crippen molar-refractivity contribution in [1.82, 2.24) is 9.62 Å². The van der Waals surface area contributed by atoms with Crippen molar-refractivity contribution in [3.05, 3.63) is 0 Å². The number of ether oxygens (including phenoxy) is 1. The van der Waals surface area contributed by atoms with Crippen LogP contribution in [0.4, 0.5) is 0 Å². The van der Waals surface area contributed by atoms with E-state index in [-0.39, 0.29) is 5.84 Å². The van der Waals surface area contributed by atoms with Gasteiger partial charge in [-0.25, -0.2) is 13.1 Å². The molecule has 2 aliphatic heterocycles. The molecule has 116 valence electrons. The molecule has 0 unspecified atom stereocenters. The summed E-state index contributed by atoms with van der Waals surface area (Å²) in [6.45, 7) is 2.41. The van der Waals surface area contributed by atoms with Gasteiger partial charge in [-0.1, -0.05) is 0 Å². The number of hydrogen-bond donors (Lipinski definition) is 3. The van der Waals surface area contributed by atoms with Crippen LogP contribution in [0.25, 0.3) is 0 Å². The summed E-state index contributed by atoms with van der Waals surface area (Å²) in [5.41, 5.74) is 4.78. The zero-order chi connectivity index (χ0) is 14.8. The quantitative estimate of drug-likeness (QED) is 0.478. The zero-order valence-electron chi connectivity index (χ0n) is 11.9. The summed E-state index contributed by atoms with van der Waals surface area (Å²) in [6, 6.07) is 0. The van der Waals surface area contributed by atoms with Gasteiger partial charge < -0.3 is 15.4 Å². The second kappa shape index (κ2) is 5.97. The second-order valence-electron chi connectivity index (χ2n) is 5.76. The van der Waals surface area contributed by atoms with E-state index >= 15 is 0 Å². The molecule has 0 aliphatic carbocycles. The van der Waals surface area contributed by atoms with Gasteiger partial charge >= 0.3 is 0 Å². The number of rotatable bonds is 4. The molecule has 2 saturated heterocycles. The molecule has 0 aromatic rings. The SMILES string of the molecule is CN1CCC(NS(=O)(=O)C2CCOCC2)(C(=N)N)CC1. The van der Waals surface area contributed by atoms with Gasteiger partial charge in [-0.2, -0.15) is 0 Å². The first kappa shape index (κ1) is 15.7. The van der Waals surface area contributed by atoms with Gasteiger partial charge in [-0.15, -0.1) is 0 Å². The Kier molecular flexibility index (Phi) is 4.68. The first-order chi connectivity index (χ1) is 9.36. The summed E-state index contributed by atoms with van der Waals surface area (Å²) in [6.07, 6.45) is 2.09. The molecule has 8 heteroatoms. The van der Waals surface area contributed by atoms with Crippen LogP contribution in [-0.2, 0) is 14.8 Å². The highest BCUT2D eigenvalue weighted by Gasteiger charge is 2.42. The molecule has 2 rings (SSSR count). The van der Waals surface area contributed by atoms with Crippen molar-refractivity contribution in [1.29, 1.82) is 5.41 Å². The Bertz CT molecular complexity index is 451. The Morgan fingerprint density at radius 2 is 1.90 bits per heavy atom. The lowest BCUT2D eigenvalue weighted by Crippen LogP contribution is -2.63. The molecule has 0 radical (unpaired) electrons. The maximum Gasteiger partial charge on any atom is 0.215 e. The van der Waals surface area contributed by atoms with Crippen molar-refractivity contribution >= 4 is 15.9 Å². The van der Waals surface area contributed by atoms with Crippen LogP contribution in [0, 0.1) is 5.41 Å². The molecule has 2 aliphatic rings. The molecule has 0 amide bonds. The van der Waals surface area contributed by atoms with E-state index in [4.69, 9.17) is 15.9 Å². The fourth-order valence-electron chi connectivity index (χ4n) is 2.77. The number of piperidine rings is 1. The molecule has 0 spiro atoms. The van der Waals surface area contributed by atoms with Crippen LogP contribution >= 0.6 is 0 Å². The summed E-state index contributed by atoms with van der Waals surface area (Å²) < 4.78 is 33.0. The smallest absolute Gasteiger partial charge is 0.215 e. The molecule has 0 atom stereocenters.